The van der Waals surface area contributed by atoms with Gasteiger partial charge in [0.15, 0.2) is 5.82 Å². The van der Waals surface area contributed by atoms with E-state index in [9.17, 15) is 4.79 Å². The largest absolute Gasteiger partial charge is 0.366 e. The molecule has 1 N–H and O–H groups in total. The number of carbonyl (C=O) groups is 1. The van der Waals surface area contributed by atoms with Gasteiger partial charge in [0.05, 0.1) is 5.56 Å². The van der Waals surface area contributed by atoms with E-state index in [1.165, 1.54) is 5.56 Å². The van der Waals surface area contributed by atoms with Crippen LogP contribution in [0.5, 0.6) is 0 Å². The van der Waals surface area contributed by atoms with Gasteiger partial charge in [-0.3, -0.25) is 4.79 Å². The second kappa shape index (κ2) is 8.86. The van der Waals surface area contributed by atoms with Crippen LogP contribution in [0.1, 0.15) is 30.7 Å². The minimum absolute atomic E-state index is 0.197. The van der Waals surface area contributed by atoms with Gasteiger partial charge in [-0.05, 0) is 37.0 Å². The Morgan fingerprint density at radius 1 is 1.17 bits per heavy atom. The first-order chi connectivity index (χ1) is 14.2. The molecule has 2 aromatic heterocycles. The number of aromatic nitrogens is 3. The second-order valence-electron chi connectivity index (χ2n) is 7.44. The lowest BCUT2D eigenvalue weighted by Crippen LogP contribution is -2.43. The summed E-state index contributed by atoms with van der Waals surface area (Å²) in [7, 11) is 1.83. The molecule has 1 fully saturated rings. The van der Waals surface area contributed by atoms with Crippen molar-refractivity contribution in [2.45, 2.75) is 38.1 Å². The summed E-state index contributed by atoms with van der Waals surface area (Å²) in [5, 5.41) is 7.48. The van der Waals surface area contributed by atoms with Crippen molar-refractivity contribution in [1.29, 1.82) is 0 Å². The lowest BCUT2D eigenvalue weighted by Gasteiger charge is -2.30. The zero-order valence-corrected chi connectivity index (χ0v) is 16.5. The highest BCUT2D eigenvalue weighted by atomic mass is 16.5. The fourth-order valence-corrected chi connectivity index (χ4v) is 3.51. The summed E-state index contributed by atoms with van der Waals surface area (Å²) in [4.78, 5) is 22.3. The van der Waals surface area contributed by atoms with E-state index in [1.54, 1.807) is 11.1 Å². The Kier molecular flexibility index (Phi) is 5.84. The number of anilines is 1. The van der Waals surface area contributed by atoms with Gasteiger partial charge < -0.3 is 14.7 Å². The van der Waals surface area contributed by atoms with Gasteiger partial charge in [0.1, 0.15) is 5.82 Å². The van der Waals surface area contributed by atoms with Crippen molar-refractivity contribution in [3.05, 3.63) is 60.0 Å². The molecule has 0 spiro atoms. The average molecular weight is 391 g/mol. The number of benzene rings is 1. The molecule has 1 saturated heterocycles. The number of hydrogen-bond donors (Lipinski definition) is 1. The smallest absolute Gasteiger partial charge is 0.259 e. The number of rotatable bonds is 7. The summed E-state index contributed by atoms with van der Waals surface area (Å²) in [5.41, 5.74) is 2.12. The lowest BCUT2D eigenvalue weighted by atomic mass is 10.1. The first-order valence-electron chi connectivity index (χ1n) is 10.0. The Labute approximate surface area is 170 Å². The molecule has 1 atom stereocenters. The van der Waals surface area contributed by atoms with Crippen molar-refractivity contribution in [1.82, 2.24) is 20.0 Å². The topological polar surface area (TPSA) is 84.2 Å². The number of carbonyl (C=O) groups excluding carboxylic acids is 1. The molecular formula is C22H25N5O2. The van der Waals surface area contributed by atoms with Crippen LogP contribution in [0.25, 0.3) is 11.5 Å². The number of likely N-dealkylation sites (N-methyl/N-ethyl adjacent to an activating group) is 1. The van der Waals surface area contributed by atoms with Gasteiger partial charge in [-0.1, -0.05) is 35.5 Å². The number of nitrogens with one attached hydrogen (secondary N) is 1. The van der Waals surface area contributed by atoms with Crippen LogP contribution in [0, 0.1) is 0 Å². The van der Waals surface area contributed by atoms with E-state index in [1.807, 2.05) is 25.2 Å². The number of hydrogen-bond acceptors (Lipinski definition) is 6. The number of aryl methyl sites for hydroxylation is 2. The van der Waals surface area contributed by atoms with Crippen LogP contribution >= 0.6 is 0 Å². The normalized spacial score (nSPS) is 16.8. The first-order valence-corrected chi connectivity index (χ1v) is 10.0. The lowest BCUT2D eigenvalue weighted by molar-refractivity contribution is -0.132. The van der Waals surface area contributed by atoms with E-state index in [-0.39, 0.29) is 11.9 Å². The van der Waals surface area contributed by atoms with Gasteiger partial charge in [0.2, 0.25) is 5.91 Å². The molecular weight excluding hydrogens is 366 g/mol. The molecule has 1 amide bonds. The predicted octanol–water partition coefficient (Wildman–Crippen LogP) is 3.34. The van der Waals surface area contributed by atoms with Crippen molar-refractivity contribution < 1.29 is 9.32 Å². The molecule has 4 rings (SSSR count). The maximum absolute atomic E-state index is 11.6. The Morgan fingerprint density at radius 2 is 2.03 bits per heavy atom. The van der Waals surface area contributed by atoms with Crippen molar-refractivity contribution in [3.63, 3.8) is 0 Å². The summed E-state index contributed by atoms with van der Waals surface area (Å²) in [6, 6.07) is 14.4. The number of nitrogens with zero attached hydrogens (tertiary/aromatic N) is 4. The van der Waals surface area contributed by atoms with E-state index in [0.29, 0.717) is 24.7 Å². The number of pyridine rings is 1. The molecule has 7 nitrogen and oxygen atoms in total. The number of piperidine rings is 1. The summed E-state index contributed by atoms with van der Waals surface area (Å²) >= 11 is 0. The maximum atomic E-state index is 11.6. The van der Waals surface area contributed by atoms with Crippen LogP contribution < -0.4 is 5.32 Å². The molecule has 1 aliphatic heterocycles. The van der Waals surface area contributed by atoms with E-state index in [0.717, 1.165) is 37.1 Å². The molecule has 1 aliphatic rings. The van der Waals surface area contributed by atoms with Gasteiger partial charge in [0.25, 0.3) is 5.89 Å². The molecule has 29 heavy (non-hydrogen) atoms. The number of amides is 1. The Hall–Kier alpha value is -3.22. The minimum Gasteiger partial charge on any atom is -0.366 e. The monoisotopic (exact) mass is 391 g/mol. The fourth-order valence-electron chi connectivity index (χ4n) is 3.51. The van der Waals surface area contributed by atoms with Crippen LogP contribution in [0.4, 0.5) is 5.82 Å². The molecule has 0 saturated carbocycles. The van der Waals surface area contributed by atoms with E-state index in [2.05, 4.69) is 44.7 Å². The van der Waals surface area contributed by atoms with Crippen LogP contribution in [0.3, 0.4) is 0 Å². The predicted molar refractivity (Wildman–Crippen MR) is 110 cm³/mol. The minimum atomic E-state index is 0.197. The number of likely N-dealkylation sites (tertiary alicyclic amines) is 1. The zero-order chi connectivity index (χ0) is 20.1. The SMILES string of the molecule is CN1C[C@@H](Nc2ccc(-c3nc(CCCc4ccccc4)no3)cn2)CCC1=O. The quantitative estimate of drug-likeness (QED) is 0.665. The Bertz CT molecular complexity index is 939. The van der Waals surface area contributed by atoms with Gasteiger partial charge in [-0.15, -0.1) is 0 Å². The molecule has 0 radical (unpaired) electrons. The first kappa shape index (κ1) is 19.1. The molecule has 0 bridgehead atoms. The third-order valence-corrected chi connectivity index (χ3v) is 5.17. The van der Waals surface area contributed by atoms with Gasteiger partial charge >= 0.3 is 0 Å². The van der Waals surface area contributed by atoms with Crippen molar-refractivity contribution >= 4 is 11.7 Å². The Balaban J connectivity index is 1.30. The molecule has 7 heteroatoms. The van der Waals surface area contributed by atoms with Crippen LogP contribution in [-0.2, 0) is 17.6 Å². The molecule has 150 valence electrons. The van der Waals surface area contributed by atoms with Gasteiger partial charge in [-0.25, -0.2) is 4.98 Å². The van der Waals surface area contributed by atoms with Crippen LogP contribution in [-0.4, -0.2) is 45.6 Å². The third kappa shape index (κ3) is 4.99. The highest BCUT2D eigenvalue weighted by molar-refractivity contribution is 5.77. The van der Waals surface area contributed by atoms with Crippen molar-refractivity contribution in [2.75, 3.05) is 18.9 Å². The average Bonchev–Trinajstić information content (AvgIpc) is 3.21. The zero-order valence-electron chi connectivity index (χ0n) is 16.5. The summed E-state index contributed by atoms with van der Waals surface area (Å²) in [5.74, 6) is 2.18. The maximum Gasteiger partial charge on any atom is 0.259 e. The van der Waals surface area contributed by atoms with E-state index >= 15 is 0 Å². The highest BCUT2D eigenvalue weighted by Gasteiger charge is 2.22. The Morgan fingerprint density at radius 3 is 2.79 bits per heavy atom. The highest BCUT2D eigenvalue weighted by Crippen LogP contribution is 2.20. The second-order valence-corrected chi connectivity index (χ2v) is 7.44. The van der Waals surface area contributed by atoms with Crippen LogP contribution in [0.2, 0.25) is 0 Å². The van der Waals surface area contributed by atoms with Gasteiger partial charge in [-0.2, -0.15) is 4.98 Å². The van der Waals surface area contributed by atoms with E-state index in [4.69, 9.17) is 4.52 Å². The standard InChI is InChI=1S/C22H25N5O2/c1-27-15-18(11-13-21(27)28)24-19-12-10-17(14-23-19)22-25-20(26-29-22)9-5-8-16-6-3-2-4-7-16/h2-4,6-7,10,12,14,18H,5,8-9,11,13,15H2,1H3,(H,23,24)/t18-/m0/s1. The molecule has 1 aromatic carbocycles. The molecule has 0 aliphatic carbocycles. The van der Waals surface area contributed by atoms with Crippen LogP contribution in [0.15, 0.2) is 53.2 Å². The fraction of sp³-hybridized carbons (Fsp3) is 0.364. The van der Waals surface area contributed by atoms with E-state index < -0.39 is 0 Å². The van der Waals surface area contributed by atoms with Crippen molar-refractivity contribution in [3.8, 4) is 11.5 Å². The van der Waals surface area contributed by atoms with Crippen molar-refractivity contribution in [2.24, 2.45) is 0 Å². The summed E-state index contributed by atoms with van der Waals surface area (Å²) < 4.78 is 5.40. The van der Waals surface area contributed by atoms with Gasteiger partial charge in [0, 0.05) is 38.7 Å². The summed E-state index contributed by atoms with van der Waals surface area (Å²) in [6.45, 7) is 0.693. The molecule has 3 aromatic rings. The molecule has 3 heterocycles. The summed E-state index contributed by atoms with van der Waals surface area (Å²) in [6.07, 6.45) is 5.88. The third-order valence-electron chi connectivity index (χ3n) is 5.17. The molecule has 0 unspecified atom stereocenters.